The molecule has 0 heterocycles. The van der Waals surface area contributed by atoms with Crippen LogP contribution in [0.15, 0.2) is 12.2 Å². The highest BCUT2D eigenvalue weighted by molar-refractivity contribution is 5.06. The maximum absolute atomic E-state index is 9.08. The first-order valence-electron chi connectivity index (χ1n) is 4.61. The van der Waals surface area contributed by atoms with Crippen LogP contribution in [0.2, 0.25) is 0 Å². The van der Waals surface area contributed by atoms with Crippen LogP contribution in [0.25, 0.3) is 0 Å². The third-order valence-electron chi connectivity index (χ3n) is 2.53. The van der Waals surface area contributed by atoms with Gasteiger partial charge in [-0.15, -0.1) is 0 Å². The fourth-order valence-electron chi connectivity index (χ4n) is 1.73. The number of ether oxygens (including phenoxy) is 1. The lowest BCUT2D eigenvalue weighted by molar-refractivity contribution is 0.0377. The van der Waals surface area contributed by atoms with E-state index in [0.29, 0.717) is 0 Å². The summed E-state index contributed by atoms with van der Waals surface area (Å²) < 4.78 is 5.45. The van der Waals surface area contributed by atoms with E-state index < -0.39 is 0 Å². The van der Waals surface area contributed by atoms with Gasteiger partial charge in [0.05, 0.1) is 11.7 Å². The van der Waals surface area contributed by atoms with E-state index >= 15 is 0 Å². The number of rotatable bonds is 3. The molecule has 0 aliphatic heterocycles. The van der Waals surface area contributed by atoms with E-state index in [1.807, 2.05) is 12.2 Å². The van der Waals surface area contributed by atoms with Crippen LogP contribution in [0.3, 0.4) is 0 Å². The fourth-order valence-corrected chi connectivity index (χ4v) is 1.73. The predicted molar refractivity (Wildman–Crippen MR) is 49.0 cm³/mol. The molecule has 2 nitrogen and oxygen atoms in total. The Hall–Kier alpha value is -0.340. The average Bonchev–Trinajstić information content (AvgIpc) is 2.50. The molecule has 0 aromatic rings. The summed E-state index contributed by atoms with van der Waals surface area (Å²) in [7, 11) is 1.75. The van der Waals surface area contributed by atoms with Gasteiger partial charge in [0.2, 0.25) is 0 Å². The Balaban J connectivity index is 2.55. The number of aliphatic hydroxyl groups excluding tert-OH is 1. The lowest BCUT2D eigenvalue weighted by atomic mass is 10.0. The largest absolute Gasteiger partial charge is 0.389 e. The van der Waals surface area contributed by atoms with Crippen molar-refractivity contribution in [3.05, 3.63) is 12.2 Å². The van der Waals surface area contributed by atoms with Crippen molar-refractivity contribution in [2.75, 3.05) is 7.11 Å². The van der Waals surface area contributed by atoms with Gasteiger partial charge in [0.25, 0.3) is 0 Å². The lowest BCUT2D eigenvalue weighted by Gasteiger charge is -2.23. The van der Waals surface area contributed by atoms with Crippen molar-refractivity contribution < 1.29 is 9.84 Å². The summed E-state index contributed by atoms with van der Waals surface area (Å²) in [5, 5.41) is 9.08. The molecule has 1 saturated carbocycles. The van der Waals surface area contributed by atoms with Crippen molar-refractivity contribution in [2.45, 2.75) is 44.3 Å². The van der Waals surface area contributed by atoms with Gasteiger partial charge in [0.15, 0.2) is 0 Å². The van der Waals surface area contributed by atoms with Crippen molar-refractivity contribution in [3.8, 4) is 0 Å². The smallest absolute Gasteiger partial charge is 0.0859 e. The minimum Gasteiger partial charge on any atom is -0.389 e. The van der Waals surface area contributed by atoms with Gasteiger partial charge in [0.1, 0.15) is 0 Å². The van der Waals surface area contributed by atoms with E-state index in [9.17, 15) is 0 Å². The van der Waals surface area contributed by atoms with Crippen molar-refractivity contribution in [3.63, 3.8) is 0 Å². The van der Waals surface area contributed by atoms with Crippen molar-refractivity contribution in [1.29, 1.82) is 0 Å². The van der Waals surface area contributed by atoms with Gasteiger partial charge >= 0.3 is 0 Å². The second-order valence-electron chi connectivity index (χ2n) is 3.58. The standard InChI is InChI=1S/C10H18O2/c1-9(11)5-8-10(12-2)6-3-4-7-10/h5,8-9,11H,3-4,6-7H2,1-2H3/b8-5+. The third kappa shape index (κ3) is 2.32. The average molecular weight is 170 g/mol. The van der Waals surface area contributed by atoms with E-state index in [-0.39, 0.29) is 11.7 Å². The molecule has 0 spiro atoms. The zero-order valence-corrected chi connectivity index (χ0v) is 7.92. The maximum Gasteiger partial charge on any atom is 0.0859 e. The molecule has 12 heavy (non-hydrogen) atoms. The Kier molecular flexibility index (Phi) is 3.29. The zero-order chi connectivity index (χ0) is 9.03. The van der Waals surface area contributed by atoms with E-state index in [0.717, 1.165) is 12.8 Å². The van der Waals surface area contributed by atoms with Gasteiger partial charge in [-0.2, -0.15) is 0 Å². The Morgan fingerprint density at radius 2 is 2.00 bits per heavy atom. The molecule has 1 aliphatic carbocycles. The van der Waals surface area contributed by atoms with Gasteiger partial charge in [-0.05, 0) is 19.8 Å². The van der Waals surface area contributed by atoms with Gasteiger partial charge in [-0.25, -0.2) is 0 Å². The predicted octanol–water partition coefficient (Wildman–Crippen LogP) is 1.88. The molecule has 0 amide bonds. The van der Waals surface area contributed by atoms with Crippen LogP contribution >= 0.6 is 0 Å². The van der Waals surface area contributed by atoms with E-state index in [1.54, 1.807) is 14.0 Å². The van der Waals surface area contributed by atoms with Crippen LogP contribution < -0.4 is 0 Å². The van der Waals surface area contributed by atoms with Crippen LogP contribution in [0.1, 0.15) is 32.6 Å². The van der Waals surface area contributed by atoms with Crippen LogP contribution in [-0.2, 0) is 4.74 Å². The van der Waals surface area contributed by atoms with Crippen LogP contribution in [0.5, 0.6) is 0 Å². The molecule has 70 valence electrons. The van der Waals surface area contributed by atoms with Gasteiger partial charge < -0.3 is 9.84 Å². The molecule has 0 aromatic heterocycles. The topological polar surface area (TPSA) is 29.5 Å². The molecule has 2 heteroatoms. The lowest BCUT2D eigenvalue weighted by Crippen LogP contribution is -2.24. The Bertz CT molecular complexity index is 155. The molecule has 1 unspecified atom stereocenters. The van der Waals surface area contributed by atoms with E-state index in [2.05, 4.69) is 0 Å². The molecule has 1 aliphatic rings. The molecule has 1 fully saturated rings. The molecule has 0 saturated heterocycles. The number of hydrogen-bond donors (Lipinski definition) is 1. The first-order chi connectivity index (χ1) is 5.68. The van der Waals surface area contributed by atoms with Crippen LogP contribution in [0.4, 0.5) is 0 Å². The summed E-state index contributed by atoms with van der Waals surface area (Å²) in [6.45, 7) is 1.76. The number of aliphatic hydroxyl groups is 1. The maximum atomic E-state index is 9.08. The summed E-state index contributed by atoms with van der Waals surface area (Å²) in [5.74, 6) is 0. The molecule has 0 bridgehead atoms. The second-order valence-corrected chi connectivity index (χ2v) is 3.58. The molecule has 1 atom stereocenters. The Morgan fingerprint density at radius 1 is 1.42 bits per heavy atom. The molecule has 0 radical (unpaired) electrons. The number of hydrogen-bond acceptors (Lipinski definition) is 2. The van der Waals surface area contributed by atoms with Crippen molar-refractivity contribution >= 4 is 0 Å². The number of methoxy groups -OCH3 is 1. The zero-order valence-electron chi connectivity index (χ0n) is 7.92. The second kappa shape index (κ2) is 4.06. The monoisotopic (exact) mass is 170 g/mol. The van der Waals surface area contributed by atoms with Gasteiger partial charge in [-0.1, -0.05) is 25.0 Å². The molecule has 1 N–H and O–H groups in total. The summed E-state index contributed by atoms with van der Waals surface area (Å²) in [6, 6.07) is 0. The molecular weight excluding hydrogens is 152 g/mol. The summed E-state index contributed by atoms with van der Waals surface area (Å²) in [4.78, 5) is 0. The quantitative estimate of drug-likeness (QED) is 0.655. The minimum atomic E-state index is -0.363. The molecule has 1 rings (SSSR count). The summed E-state index contributed by atoms with van der Waals surface area (Å²) in [6.07, 6.45) is 8.12. The molecular formula is C10H18O2. The summed E-state index contributed by atoms with van der Waals surface area (Å²) in [5.41, 5.74) is -0.0724. The molecule has 0 aromatic carbocycles. The third-order valence-corrected chi connectivity index (χ3v) is 2.53. The van der Waals surface area contributed by atoms with Crippen molar-refractivity contribution in [1.82, 2.24) is 0 Å². The van der Waals surface area contributed by atoms with Gasteiger partial charge in [0, 0.05) is 7.11 Å². The highest BCUT2D eigenvalue weighted by atomic mass is 16.5. The SMILES string of the molecule is COC1(/C=C/C(C)O)CCCC1. The van der Waals surface area contributed by atoms with Crippen LogP contribution in [0, 0.1) is 0 Å². The van der Waals surface area contributed by atoms with E-state index in [1.165, 1.54) is 12.8 Å². The first kappa shape index (κ1) is 9.75. The highest BCUT2D eigenvalue weighted by Crippen LogP contribution is 2.33. The van der Waals surface area contributed by atoms with E-state index in [4.69, 9.17) is 9.84 Å². The fraction of sp³-hybridized carbons (Fsp3) is 0.800. The minimum absolute atomic E-state index is 0.0724. The highest BCUT2D eigenvalue weighted by Gasteiger charge is 2.30. The van der Waals surface area contributed by atoms with Crippen molar-refractivity contribution in [2.24, 2.45) is 0 Å². The normalized spacial score (nSPS) is 24.9. The first-order valence-corrected chi connectivity index (χ1v) is 4.61. The van der Waals surface area contributed by atoms with Crippen LogP contribution in [-0.4, -0.2) is 23.9 Å². The Morgan fingerprint density at radius 3 is 2.42 bits per heavy atom. The Labute approximate surface area is 74.2 Å². The summed E-state index contributed by atoms with van der Waals surface area (Å²) >= 11 is 0. The van der Waals surface area contributed by atoms with Gasteiger partial charge in [-0.3, -0.25) is 0 Å².